The second-order valence-electron chi connectivity index (χ2n) is 9.41. The summed E-state index contributed by atoms with van der Waals surface area (Å²) in [5.41, 5.74) is 4.77. The third-order valence-corrected chi connectivity index (χ3v) is 7.88. The van der Waals surface area contributed by atoms with E-state index in [0.29, 0.717) is 24.1 Å². The highest BCUT2D eigenvalue weighted by Crippen LogP contribution is 2.48. The number of thiophene rings is 1. The number of carbonyl (C=O) groups excluding carboxylic acids is 2. The van der Waals surface area contributed by atoms with Crippen LogP contribution in [0.15, 0.2) is 71.2 Å². The Hall–Kier alpha value is -3.91. The zero-order valence-electron chi connectivity index (χ0n) is 20.7. The number of ketones is 1. The molecule has 2 atom stereocenters. The van der Waals surface area contributed by atoms with E-state index in [4.69, 9.17) is 4.74 Å². The van der Waals surface area contributed by atoms with Crippen molar-refractivity contribution < 1.29 is 24.2 Å². The first-order valence-corrected chi connectivity index (χ1v) is 13.1. The zero-order valence-corrected chi connectivity index (χ0v) is 21.5. The van der Waals surface area contributed by atoms with Gasteiger partial charge in [-0.15, -0.1) is 11.3 Å². The first-order chi connectivity index (χ1) is 17.9. The standard InChI is InChI=1S/C29H28N2O5S/c1-17-5-10-21-23(14-17)31(26(33)11-12-27(34)35)29(25-4-3-13-37-25)28-22(30-21)15-19(16-24(28)32)18-6-8-20(36-2)9-7-18/h3-10,13-14,19,29-30H,11-12,15-16H2,1-2H3,(H,34,35)/t19-,29-/m0/s1. The van der Waals surface area contributed by atoms with Crippen LogP contribution in [0.1, 0.15) is 53.6 Å². The third kappa shape index (κ3) is 4.89. The van der Waals surface area contributed by atoms with Crippen molar-refractivity contribution >= 4 is 40.4 Å². The van der Waals surface area contributed by atoms with Crippen LogP contribution in [0.25, 0.3) is 0 Å². The molecule has 3 aromatic rings. The maximum Gasteiger partial charge on any atom is 0.303 e. The van der Waals surface area contributed by atoms with Crippen molar-refractivity contribution in [3.63, 3.8) is 0 Å². The van der Waals surface area contributed by atoms with Gasteiger partial charge in [-0.1, -0.05) is 24.3 Å². The quantitative estimate of drug-likeness (QED) is 0.428. The molecule has 1 aromatic heterocycles. The summed E-state index contributed by atoms with van der Waals surface area (Å²) in [5.74, 6) is -0.635. The lowest BCUT2D eigenvalue weighted by Crippen LogP contribution is -2.38. The number of rotatable bonds is 6. The van der Waals surface area contributed by atoms with Crippen molar-refractivity contribution in [1.82, 2.24) is 0 Å². The molecule has 1 amide bonds. The number of Topliss-reactive ketones (excluding diaryl/α,β-unsaturated/α-hetero) is 1. The maximum atomic E-state index is 13.9. The lowest BCUT2D eigenvalue weighted by molar-refractivity contribution is -0.138. The normalized spacial score (nSPS) is 19.0. The topological polar surface area (TPSA) is 95.9 Å². The molecule has 1 aliphatic heterocycles. The second-order valence-corrected chi connectivity index (χ2v) is 10.4. The van der Waals surface area contributed by atoms with Crippen LogP contribution in [-0.2, 0) is 14.4 Å². The van der Waals surface area contributed by atoms with Gasteiger partial charge in [-0.25, -0.2) is 0 Å². The fourth-order valence-electron chi connectivity index (χ4n) is 5.18. The van der Waals surface area contributed by atoms with Crippen molar-refractivity contribution in [2.45, 2.75) is 44.6 Å². The van der Waals surface area contributed by atoms with Crippen LogP contribution < -0.4 is 15.0 Å². The zero-order chi connectivity index (χ0) is 26.1. The number of ether oxygens (including phenoxy) is 1. The highest BCUT2D eigenvalue weighted by molar-refractivity contribution is 7.10. The largest absolute Gasteiger partial charge is 0.497 e. The van der Waals surface area contributed by atoms with Crippen molar-refractivity contribution in [2.75, 3.05) is 17.3 Å². The Morgan fingerprint density at radius 2 is 1.89 bits per heavy atom. The molecular weight excluding hydrogens is 488 g/mol. The number of methoxy groups -OCH3 is 1. The number of nitrogens with one attached hydrogen (secondary N) is 1. The number of benzene rings is 2. The number of carboxylic acid groups (broad SMARTS) is 1. The van der Waals surface area contributed by atoms with Gasteiger partial charge in [0.15, 0.2) is 5.78 Å². The van der Waals surface area contributed by atoms with E-state index < -0.39 is 12.0 Å². The van der Waals surface area contributed by atoms with E-state index in [1.54, 1.807) is 12.0 Å². The van der Waals surface area contributed by atoms with Crippen LogP contribution in [0.3, 0.4) is 0 Å². The van der Waals surface area contributed by atoms with Crippen molar-refractivity contribution in [3.8, 4) is 5.75 Å². The Labute approximate surface area is 219 Å². The van der Waals surface area contributed by atoms with E-state index in [0.717, 1.165) is 33.1 Å². The number of anilines is 2. The Morgan fingerprint density at radius 1 is 1.11 bits per heavy atom. The summed E-state index contributed by atoms with van der Waals surface area (Å²) >= 11 is 1.48. The second kappa shape index (κ2) is 10.2. The lowest BCUT2D eigenvalue weighted by atomic mass is 9.79. The van der Waals surface area contributed by atoms with Gasteiger partial charge >= 0.3 is 5.97 Å². The molecule has 2 aromatic carbocycles. The maximum absolute atomic E-state index is 13.9. The number of amides is 1. The SMILES string of the molecule is COc1ccc([C@@H]2CC(=O)C3=C(C2)Nc2ccc(C)cc2N(C(=O)CCC(=O)O)[C@H]3c2cccs2)cc1. The average molecular weight is 517 g/mol. The molecule has 0 bridgehead atoms. The first kappa shape index (κ1) is 24.8. The molecule has 2 heterocycles. The summed E-state index contributed by atoms with van der Waals surface area (Å²) in [6.07, 6.45) is 0.497. The number of allylic oxidation sites excluding steroid dienone is 1. The van der Waals surface area contributed by atoms with E-state index in [-0.39, 0.29) is 30.4 Å². The van der Waals surface area contributed by atoms with E-state index in [2.05, 4.69) is 5.32 Å². The molecule has 0 saturated heterocycles. The van der Waals surface area contributed by atoms with E-state index in [9.17, 15) is 19.5 Å². The van der Waals surface area contributed by atoms with Gasteiger partial charge in [0.2, 0.25) is 5.91 Å². The summed E-state index contributed by atoms with van der Waals surface area (Å²) in [4.78, 5) is 41.4. The van der Waals surface area contributed by atoms with Gasteiger partial charge in [0.25, 0.3) is 0 Å². The number of fused-ring (bicyclic) bond motifs is 1. The monoisotopic (exact) mass is 516 g/mol. The predicted octanol–water partition coefficient (Wildman–Crippen LogP) is 5.83. The number of aryl methyl sites for hydroxylation is 1. The molecule has 190 valence electrons. The molecule has 2 aliphatic rings. The Kier molecular flexibility index (Phi) is 6.84. The lowest BCUT2D eigenvalue weighted by Gasteiger charge is -2.34. The van der Waals surface area contributed by atoms with Crippen molar-refractivity contribution in [1.29, 1.82) is 0 Å². The van der Waals surface area contributed by atoms with Crippen molar-refractivity contribution in [2.24, 2.45) is 0 Å². The third-order valence-electron chi connectivity index (χ3n) is 6.96. The van der Waals surface area contributed by atoms with Gasteiger partial charge in [-0.2, -0.15) is 0 Å². The minimum atomic E-state index is -1.03. The van der Waals surface area contributed by atoms with E-state index in [1.807, 2.05) is 66.9 Å². The molecule has 0 spiro atoms. The minimum absolute atomic E-state index is 0.0168. The summed E-state index contributed by atoms with van der Waals surface area (Å²) in [6, 6.07) is 16.8. The molecule has 8 heteroatoms. The Morgan fingerprint density at radius 3 is 2.57 bits per heavy atom. The Bertz CT molecular complexity index is 1380. The molecular formula is C29H28N2O5S. The number of carboxylic acids is 1. The summed E-state index contributed by atoms with van der Waals surface area (Å²) in [6.45, 7) is 1.95. The molecule has 5 rings (SSSR count). The van der Waals surface area contributed by atoms with Crippen LogP contribution in [-0.4, -0.2) is 29.9 Å². The summed E-state index contributed by atoms with van der Waals surface area (Å²) in [5, 5.41) is 14.7. The number of carbonyl (C=O) groups is 3. The summed E-state index contributed by atoms with van der Waals surface area (Å²) in [7, 11) is 1.62. The van der Waals surface area contributed by atoms with Gasteiger partial charge in [0, 0.05) is 29.0 Å². The van der Waals surface area contributed by atoms with Gasteiger partial charge in [-0.3, -0.25) is 19.3 Å². The van der Waals surface area contributed by atoms with Gasteiger partial charge < -0.3 is 15.2 Å². The molecule has 0 unspecified atom stereocenters. The molecule has 7 nitrogen and oxygen atoms in total. The van der Waals surface area contributed by atoms with Gasteiger partial charge in [0.1, 0.15) is 11.8 Å². The molecule has 1 aliphatic carbocycles. The van der Waals surface area contributed by atoms with Crippen LogP contribution in [0.4, 0.5) is 11.4 Å². The van der Waals surface area contributed by atoms with E-state index >= 15 is 0 Å². The smallest absolute Gasteiger partial charge is 0.303 e. The molecule has 0 saturated carbocycles. The molecule has 37 heavy (non-hydrogen) atoms. The number of nitrogens with zero attached hydrogens (tertiary/aromatic N) is 1. The number of aliphatic carboxylic acids is 1. The average Bonchev–Trinajstić information content (AvgIpc) is 3.37. The Balaban J connectivity index is 1.64. The van der Waals surface area contributed by atoms with Crippen molar-refractivity contribution in [3.05, 3.63) is 87.3 Å². The summed E-state index contributed by atoms with van der Waals surface area (Å²) < 4.78 is 5.29. The van der Waals surface area contributed by atoms with Crippen LogP contribution in [0, 0.1) is 6.92 Å². The number of hydrogen-bond acceptors (Lipinski definition) is 6. The van der Waals surface area contributed by atoms with Crippen LogP contribution in [0.5, 0.6) is 5.75 Å². The fourth-order valence-corrected chi connectivity index (χ4v) is 6.01. The van der Waals surface area contributed by atoms with E-state index in [1.165, 1.54) is 11.3 Å². The number of hydrogen-bond donors (Lipinski definition) is 2. The van der Waals surface area contributed by atoms with Crippen LogP contribution >= 0.6 is 11.3 Å². The minimum Gasteiger partial charge on any atom is -0.497 e. The molecule has 2 N–H and O–H groups in total. The first-order valence-electron chi connectivity index (χ1n) is 12.2. The van der Waals surface area contributed by atoms with Crippen LogP contribution in [0.2, 0.25) is 0 Å². The van der Waals surface area contributed by atoms with Gasteiger partial charge in [0.05, 0.1) is 24.9 Å². The highest BCUT2D eigenvalue weighted by Gasteiger charge is 2.42. The fraction of sp³-hybridized carbons (Fsp3) is 0.276. The van der Waals surface area contributed by atoms with Gasteiger partial charge in [-0.05, 0) is 66.1 Å². The predicted molar refractivity (Wildman–Crippen MR) is 143 cm³/mol. The molecule has 0 fully saturated rings. The highest BCUT2D eigenvalue weighted by atomic mass is 32.1. The molecule has 0 radical (unpaired) electrons.